The first-order valence-corrected chi connectivity index (χ1v) is 7.46. The molecule has 2 aromatic rings. The van der Waals surface area contributed by atoms with E-state index in [2.05, 4.69) is 20.9 Å². The van der Waals surface area contributed by atoms with Gasteiger partial charge in [0.1, 0.15) is 5.69 Å². The smallest absolute Gasteiger partial charge is 0.376 e. The van der Waals surface area contributed by atoms with Gasteiger partial charge in [0.25, 0.3) is 0 Å². The van der Waals surface area contributed by atoms with Crippen LogP contribution in [0.2, 0.25) is 5.02 Å². The maximum Gasteiger partial charge on any atom is 0.376 e. The molecule has 6 heteroatoms. The van der Waals surface area contributed by atoms with Crippen molar-refractivity contribution in [1.29, 1.82) is 0 Å². The van der Waals surface area contributed by atoms with E-state index in [0.717, 1.165) is 10.0 Å². The molecule has 0 spiro atoms. The normalized spacial score (nSPS) is 11.5. The Morgan fingerprint density at radius 3 is 2.57 bits per heavy atom. The number of benzene rings is 1. The molecular formula is C15H15BrClNO3. The fourth-order valence-electron chi connectivity index (χ4n) is 1.81. The minimum Gasteiger partial charge on any atom is -0.463 e. The second-order valence-electron chi connectivity index (χ2n) is 5.57. The van der Waals surface area contributed by atoms with E-state index >= 15 is 0 Å². The van der Waals surface area contributed by atoms with Crippen LogP contribution < -0.4 is 0 Å². The van der Waals surface area contributed by atoms with Crippen LogP contribution in [0.5, 0.6) is 0 Å². The quantitative estimate of drug-likeness (QED) is 0.708. The molecule has 0 bridgehead atoms. The molecule has 4 nitrogen and oxygen atoms in total. The average molecular weight is 373 g/mol. The molecule has 0 unspecified atom stereocenters. The number of rotatable bonds is 2. The van der Waals surface area contributed by atoms with Crippen LogP contribution in [0.25, 0.3) is 11.5 Å². The van der Waals surface area contributed by atoms with Gasteiger partial charge < -0.3 is 9.15 Å². The van der Waals surface area contributed by atoms with Crippen LogP contribution in [-0.2, 0) is 10.2 Å². The van der Waals surface area contributed by atoms with Gasteiger partial charge >= 0.3 is 5.97 Å². The van der Waals surface area contributed by atoms with Gasteiger partial charge in [-0.05, 0) is 34.1 Å². The highest BCUT2D eigenvalue weighted by Gasteiger charge is 2.30. The Bertz CT molecular complexity index is 689. The van der Waals surface area contributed by atoms with E-state index in [-0.39, 0.29) is 11.2 Å². The summed E-state index contributed by atoms with van der Waals surface area (Å²) in [6.45, 7) is 5.87. The molecule has 1 aromatic heterocycles. The summed E-state index contributed by atoms with van der Waals surface area (Å²) in [5.74, 6) is -0.0459. The third kappa shape index (κ3) is 3.30. The molecule has 0 saturated heterocycles. The Labute approximate surface area is 136 Å². The van der Waals surface area contributed by atoms with E-state index in [9.17, 15) is 4.79 Å². The van der Waals surface area contributed by atoms with Crippen molar-refractivity contribution >= 4 is 33.5 Å². The monoisotopic (exact) mass is 371 g/mol. The third-order valence-corrected chi connectivity index (χ3v) is 4.09. The molecule has 0 radical (unpaired) electrons. The van der Waals surface area contributed by atoms with Gasteiger partial charge in [-0.1, -0.05) is 32.4 Å². The number of methoxy groups -OCH3 is 1. The number of ether oxygens (including phenoxy) is 1. The lowest BCUT2D eigenvalue weighted by Crippen LogP contribution is -2.17. The lowest BCUT2D eigenvalue weighted by atomic mass is 9.91. The largest absolute Gasteiger partial charge is 0.463 e. The Hall–Kier alpha value is -1.33. The minimum absolute atomic E-state index is 0.131. The van der Waals surface area contributed by atoms with Crippen LogP contribution in [0.4, 0.5) is 0 Å². The predicted octanol–water partition coefficient (Wildman–Crippen LogP) is 4.84. The summed E-state index contributed by atoms with van der Waals surface area (Å²) in [7, 11) is 1.32. The van der Waals surface area contributed by atoms with E-state index in [0.29, 0.717) is 16.6 Å². The first kappa shape index (κ1) is 16.0. The first-order chi connectivity index (χ1) is 9.74. The molecule has 0 fully saturated rings. The molecule has 0 atom stereocenters. The molecule has 0 aliphatic heterocycles. The number of oxazole rings is 1. The fourth-order valence-corrected chi connectivity index (χ4v) is 2.31. The summed E-state index contributed by atoms with van der Waals surface area (Å²) in [6.07, 6.45) is 0. The van der Waals surface area contributed by atoms with Gasteiger partial charge in [-0.3, -0.25) is 0 Å². The van der Waals surface area contributed by atoms with Gasteiger partial charge in [0.15, 0.2) is 0 Å². The summed E-state index contributed by atoms with van der Waals surface area (Å²) in [5, 5.41) is 0.592. The van der Waals surface area contributed by atoms with Crippen molar-refractivity contribution in [2.75, 3.05) is 7.11 Å². The van der Waals surface area contributed by atoms with Crippen LogP contribution in [0.3, 0.4) is 0 Å². The molecule has 112 valence electrons. The molecule has 2 rings (SSSR count). The molecule has 0 aliphatic carbocycles. The summed E-state index contributed by atoms with van der Waals surface area (Å²) >= 11 is 9.34. The molecular weight excluding hydrogens is 358 g/mol. The van der Waals surface area contributed by atoms with Crippen LogP contribution >= 0.6 is 27.5 Å². The van der Waals surface area contributed by atoms with Crippen LogP contribution in [0.15, 0.2) is 27.1 Å². The van der Waals surface area contributed by atoms with E-state index in [1.54, 1.807) is 18.2 Å². The number of halogens is 2. The zero-order chi connectivity index (χ0) is 15.8. The van der Waals surface area contributed by atoms with Crippen molar-refractivity contribution in [2.24, 2.45) is 0 Å². The lowest BCUT2D eigenvalue weighted by Gasteiger charge is -2.15. The maximum atomic E-state index is 11.9. The fraction of sp³-hybridized carbons (Fsp3) is 0.333. The third-order valence-electron chi connectivity index (χ3n) is 2.87. The van der Waals surface area contributed by atoms with Crippen LogP contribution in [-0.4, -0.2) is 18.1 Å². The highest BCUT2D eigenvalue weighted by Crippen LogP contribution is 2.33. The summed E-state index contributed by atoms with van der Waals surface area (Å²) in [5.41, 5.74) is 0.955. The summed E-state index contributed by atoms with van der Waals surface area (Å²) in [6, 6.07) is 5.31. The van der Waals surface area contributed by atoms with Crippen molar-refractivity contribution in [1.82, 2.24) is 4.98 Å². The van der Waals surface area contributed by atoms with E-state index in [1.807, 2.05) is 20.8 Å². The minimum atomic E-state index is -0.535. The van der Waals surface area contributed by atoms with Gasteiger partial charge in [-0.25, -0.2) is 9.78 Å². The van der Waals surface area contributed by atoms with Gasteiger partial charge in [0.2, 0.25) is 11.7 Å². The standard InChI is InChI=1S/C15H15BrClNO3/c1-15(2,3)12-11(14(19)20-4)21-13(18-12)8-5-6-10(17)9(16)7-8/h5-7H,1-4H3. The van der Waals surface area contributed by atoms with Crippen molar-refractivity contribution in [3.63, 3.8) is 0 Å². The molecule has 0 aliphatic rings. The lowest BCUT2D eigenvalue weighted by molar-refractivity contribution is 0.0562. The molecule has 1 heterocycles. The number of hydrogen-bond acceptors (Lipinski definition) is 4. The van der Waals surface area contributed by atoms with Gasteiger partial charge in [-0.2, -0.15) is 0 Å². The molecule has 0 amide bonds. The first-order valence-electron chi connectivity index (χ1n) is 6.29. The summed E-state index contributed by atoms with van der Waals surface area (Å²) in [4.78, 5) is 16.3. The summed E-state index contributed by atoms with van der Waals surface area (Å²) < 4.78 is 11.1. The predicted molar refractivity (Wildman–Crippen MR) is 84.7 cm³/mol. The zero-order valence-corrected chi connectivity index (χ0v) is 14.5. The Morgan fingerprint density at radius 1 is 1.38 bits per heavy atom. The number of carbonyl (C=O) groups excluding carboxylic acids is 1. The van der Waals surface area contributed by atoms with E-state index in [4.69, 9.17) is 20.8 Å². The van der Waals surface area contributed by atoms with Gasteiger partial charge in [0, 0.05) is 15.5 Å². The number of esters is 1. The topological polar surface area (TPSA) is 52.3 Å². The molecule has 21 heavy (non-hydrogen) atoms. The maximum absolute atomic E-state index is 11.9. The van der Waals surface area contributed by atoms with Crippen molar-refractivity contribution < 1.29 is 13.9 Å². The highest BCUT2D eigenvalue weighted by molar-refractivity contribution is 9.10. The number of carbonyl (C=O) groups is 1. The highest BCUT2D eigenvalue weighted by atomic mass is 79.9. The van der Waals surface area contributed by atoms with E-state index in [1.165, 1.54) is 7.11 Å². The van der Waals surface area contributed by atoms with Crippen LogP contribution in [0.1, 0.15) is 37.0 Å². The second kappa shape index (κ2) is 5.81. The molecule has 0 N–H and O–H groups in total. The number of nitrogens with zero attached hydrogens (tertiary/aromatic N) is 1. The second-order valence-corrected chi connectivity index (χ2v) is 6.83. The van der Waals surface area contributed by atoms with Crippen molar-refractivity contribution in [3.05, 3.63) is 39.1 Å². The Morgan fingerprint density at radius 2 is 2.05 bits per heavy atom. The number of aromatic nitrogens is 1. The SMILES string of the molecule is COC(=O)c1oc(-c2ccc(Cl)c(Br)c2)nc1C(C)(C)C. The van der Waals surface area contributed by atoms with Crippen molar-refractivity contribution in [2.45, 2.75) is 26.2 Å². The molecule has 1 aromatic carbocycles. The Kier molecular flexibility index (Phi) is 4.44. The Balaban J connectivity index is 2.58. The van der Waals surface area contributed by atoms with E-state index < -0.39 is 5.97 Å². The van der Waals surface area contributed by atoms with Gasteiger partial charge in [0.05, 0.1) is 12.1 Å². The number of hydrogen-bond donors (Lipinski definition) is 0. The average Bonchev–Trinajstić information content (AvgIpc) is 2.86. The van der Waals surface area contributed by atoms with Crippen molar-refractivity contribution in [3.8, 4) is 11.5 Å². The van der Waals surface area contributed by atoms with Gasteiger partial charge in [-0.15, -0.1) is 0 Å². The zero-order valence-electron chi connectivity index (χ0n) is 12.2. The van der Waals surface area contributed by atoms with Crippen LogP contribution in [0, 0.1) is 0 Å². The molecule has 0 saturated carbocycles.